The number of hydrogen-bond donors (Lipinski definition) is 0. The van der Waals surface area contributed by atoms with Crippen LogP contribution >= 0.6 is 15.9 Å². The molecular formula is C11H8BrF3O2. The lowest BCUT2D eigenvalue weighted by Gasteiger charge is -2.17. The van der Waals surface area contributed by atoms with Crippen LogP contribution in [-0.4, -0.2) is 12.1 Å². The summed E-state index contributed by atoms with van der Waals surface area (Å²) in [7, 11) is 0. The molecule has 1 atom stereocenters. The Kier molecular flexibility index (Phi) is 4.08. The molecule has 2 nitrogen and oxygen atoms in total. The van der Waals surface area contributed by atoms with Gasteiger partial charge in [0.25, 0.3) is 0 Å². The number of alkyl halides is 4. The van der Waals surface area contributed by atoms with E-state index in [2.05, 4.69) is 15.9 Å². The van der Waals surface area contributed by atoms with Crippen molar-refractivity contribution in [3.8, 4) is 0 Å². The van der Waals surface area contributed by atoms with Gasteiger partial charge in [0.1, 0.15) is 12.1 Å². The average molecular weight is 309 g/mol. The highest BCUT2D eigenvalue weighted by molar-refractivity contribution is 9.09. The molecule has 6 heteroatoms. The van der Waals surface area contributed by atoms with Crippen molar-refractivity contribution < 1.29 is 22.8 Å². The zero-order valence-corrected chi connectivity index (χ0v) is 10.3. The number of benzene rings is 1. The summed E-state index contributed by atoms with van der Waals surface area (Å²) in [4.78, 5) is 20.8. The molecule has 0 bridgehead atoms. The monoisotopic (exact) mass is 308 g/mol. The normalized spacial score (nSPS) is 13.2. The number of carbonyl (C=O) groups is 2. The Labute approximate surface area is 104 Å². The molecule has 1 aromatic carbocycles. The first kappa shape index (κ1) is 13.9. The van der Waals surface area contributed by atoms with Crippen molar-refractivity contribution >= 4 is 28.0 Å². The van der Waals surface area contributed by atoms with Crippen LogP contribution in [0.25, 0.3) is 0 Å². The Morgan fingerprint density at radius 3 is 2.41 bits per heavy atom. The van der Waals surface area contributed by atoms with Crippen molar-refractivity contribution in [1.29, 1.82) is 0 Å². The van der Waals surface area contributed by atoms with Gasteiger partial charge in [-0.05, 0) is 18.6 Å². The van der Waals surface area contributed by atoms with E-state index in [1.807, 2.05) is 0 Å². The molecule has 1 aromatic rings. The van der Waals surface area contributed by atoms with Crippen LogP contribution in [0.2, 0.25) is 0 Å². The third kappa shape index (κ3) is 2.94. The fraction of sp³-hybridized carbons (Fsp3) is 0.273. The lowest BCUT2D eigenvalue weighted by Crippen LogP contribution is -2.15. The number of aldehydes is 1. The maximum atomic E-state index is 12.7. The molecule has 0 heterocycles. The fourth-order valence-corrected chi connectivity index (χ4v) is 1.93. The Bertz CT molecular complexity index is 455. The van der Waals surface area contributed by atoms with Gasteiger partial charge in [-0.25, -0.2) is 0 Å². The van der Waals surface area contributed by atoms with E-state index in [0.717, 1.165) is 19.1 Å². The van der Waals surface area contributed by atoms with Crippen LogP contribution in [0.1, 0.15) is 33.2 Å². The molecule has 0 radical (unpaired) electrons. The molecule has 0 aromatic heterocycles. The number of halogens is 4. The first-order valence-electron chi connectivity index (χ1n) is 4.59. The van der Waals surface area contributed by atoms with Crippen LogP contribution in [0.5, 0.6) is 0 Å². The summed E-state index contributed by atoms with van der Waals surface area (Å²) >= 11 is 2.88. The van der Waals surface area contributed by atoms with Gasteiger partial charge in [-0.3, -0.25) is 9.59 Å². The predicted molar refractivity (Wildman–Crippen MR) is 59.2 cm³/mol. The molecule has 0 aliphatic heterocycles. The highest BCUT2D eigenvalue weighted by atomic mass is 79.9. The number of hydrogen-bond acceptors (Lipinski definition) is 2. The van der Waals surface area contributed by atoms with Gasteiger partial charge in [0.15, 0.2) is 0 Å². The molecule has 0 saturated carbocycles. The van der Waals surface area contributed by atoms with Gasteiger partial charge in [-0.1, -0.05) is 28.1 Å². The van der Waals surface area contributed by atoms with Gasteiger partial charge in [0.05, 0.1) is 10.4 Å². The summed E-state index contributed by atoms with van der Waals surface area (Å²) in [5.41, 5.74) is -1.45. The van der Waals surface area contributed by atoms with Crippen molar-refractivity contribution in [3.63, 3.8) is 0 Å². The van der Waals surface area contributed by atoms with Crippen LogP contribution in [0.3, 0.4) is 0 Å². The lowest BCUT2D eigenvalue weighted by molar-refractivity contribution is -0.138. The first-order valence-corrected chi connectivity index (χ1v) is 5.50. The van der Waals surface area contributed by atoms with E-state index in [9.17, 15) is 22.8 Å². The van der Waals surface area contributed by atoms with Crippen LogP contribution in [0, 0.1) is 0 Å². The van der Waals surface area contributed by atoms with Crippen molar-refractivity contribution in [2.75, 3.05) is 0 Å². The summed E-state index contributed by atoms with van der Waals surface area (Å²) < 4.78 is 38.2. The molecule has 92 valence electrons. The van der Waals surface area contributed by atoms with Gasteiger partial charge >= 0.3 is 6.18 Å². The molecule has 1 unspecified atom stereocenters. The molecule has 0 aliphatic rings. The average Bonchev–Trinajstić information content (AvgIpc) is 2.25. The van der Waals surface area contributed by atoms with Gasteiger partial charge in [0, 0.05) is 5.56 Å². The molecule has 0 saturated heterocycles. The Hall–Kier alpha value is -1.17. The highest BCUT2D eigenvalue weighted by Crippen LogP contribution is 2.39. The maximum Gasteiger partial charge on any atom is 0.416 e. The third-order valence-electron chi connectivity index (χ3n) is 2.18. The Morgan fingerprint density at radius 2 is 2.00 bits per heavy atom. The molecule has 0 spiro atoms. The lowest BCUT2D eigenvalue weighted by atomic mass is 9.97. The molecule has 17 heavy (non-hydrogen) atoms. The second-order valence-electron chi connectivity index (χ2n) is 3.40. The number of carbonyl (C=O) groups excluding carboxylic acids is 2. The zero-order chi connectivity index (χ0) is 13.2. The maximum absolute atomic E-state index is 12.7. The van der Waals surface area contributed by atoms with Crippen molar-refractivity contribution in [3.05, 3.63) is 34.9 Å². The molecule has 1 rings (SSSR count). The van der Waals surface area contributed by atoms with E-state index in [1.54, 1.807) is 0 Å². The Morgan fingerprint density at radius 1 is 1.41 bits per heavy atom. The van der Waals surface area contributed by atoms with Gasteiger partial charge in [-0.2, -0.15) is 13.2 Å². The first-order chi connectivity index (χ1) is 7.79. The standard InChI is InChI=1S/C11H8BrF3O2/c1-6(17)10(12)9-7(5-16)3-2-4-8(9)11(13,14)15/h2-5,10H,1H3. The summed E-state index contributed by atoms with van der Waals surface area (Å²) in [6, 6.07) is 3.23. The summed E-state index contributed by atoms with van der Waals surface area (Å²) in [6.07, 6.45) is -4.29. The van der Waals surface area contributed by atoms with E-state index >= 15 is 0 Å². The van der Waals surface area contributed by atoms with E-state index in [0.29, 0.717) is 6.29 Å². The van der Waals surface area contributed by atoms with Crippen LogP contribution in [0.4, 0.5) is 13.2 Å². The number of rotatable bonds is 3. The van der Waals surface area contributed by atoms with Crippen LogP contribution < -0.4 is 0 Å². The third-order valence-corrected chi connectivity index (χ3v) is 3.29. The second kappa shape index (κ2) is 5.00. The SMILES string of the molecule is CC(=O)C(Br)c1c(C=O)cccc1C(F)(F)F. The minimum absolute atomic E-state index is 0.142. The smallest absolute Gasteiger partial charge is 0.298 e. The highest BCUT2D eigenvalue weighted by Gasteiger charge is 2.36. The molecule has 0 N–H and O–H groups in total. The largest absolute Gasteiger partial charge is 0.416 e. The summed E-state index contributed by atoms with van der Waals surface area (Å²) in [6.45, 7) is 1.15. The second-order valence-corrected chi connectivity index (χ2v) is 4.31. The predicted octanol–water partition coefficient (Wildman–Crippen LogP) is 3.54. The van der Waals surface area contributed by atoms with Gasteiger partial charge < -0.3 is 0 Å². The van der Waals surface area contributed by atoms with Gasteiger partial charge in [-0.15, -0.1) is 0 Å². The van der Waals surface area contributed by atoms with Crippen LogP contribution in [0.15, 0.2) is 18.2 Å². The zero-order valence-electron chi connectivity index (χ0n) is 8.72. The quantitative estimate of drug-likeness (QED) is 0.632. The molecular weight excluding hydrogens is 301 g/mol. The Balaban J connectivity index is 3.51. The van der Waals surface area contributed by atoms with Crippen molar-refractivity contribution in [2.45, 2.75) is 17.9 Å². The minimum atomic E-state index is -4.60. The van der Waals surface area contributed by atoms with E-state index in [1.165, 1.54) is 6.07 Å². The van der Waals surface area contributed by atoms with E-state index < -0.39 is 22.4 Å². The van der Waals surface area contributed by atoms with Crippen LogP contribution in [-0.2, 0) is 11.0 Å². The van der Waals surface area contributed by atoms with E-state index in [-0.39, 0.29) is 11.1 Å². The molecule has 0 aliphatic carbocycles. The molecule has 0 fully saturated rings. The summed E-state index contributed by atoms with van der Waals surface area (Å²) in [5.74, 6) is -0.496. The topological polar surface area (TPSA) is 34.1 Å². The summed E-state index contributed by atoms with van der Waals surface area (Å²) in [5, 5.41) is 0. The van der Waals surface area contributed by atoms with Crippen molar-refractivity contribution in [2.24, 2.45) is 0 Å². The van der Waals surface area contributed by atoms with Crippen molar-refractivity contribution in [1.82, 2.24) is 0 Å². The number of ketones is 1. The van der Waals surface area contributed by atoms with Gasteiger partial charge in [0.2, 0.25) is 0 Å². The number of Topliss-reactive ketones (excluding diaryl/α,β-unsaturated/α-hetero) is 1. The molecule has 0 amide bonds. The van der Waals surface area contributed by atoms with E-state index in [4.69, 9.17) is 0 Å². The minimum Gasteiger partial charge on any atom is -0.298 e. The fourth-order valence-electron chi connectivity index (χ4n) is 1.42.